The number of pyridine rings is 1. The van der Waals surface area contributed by atoms with Gasteiger partial charge in [-0.3, -0.25) is 14.9 Å². The molecule has 0 unspecified atom stereocenters. The van der Waals surface area contributed by atoms with Gasteiger partial charge in [-0.25, -0.2) is 0 Å². The molecule has 0 radical (unpaired) electrons. The van der Waals surface area contributed by atoms with Gasteiger partial charge in [-0.05, 0) is 67.1 Å². The highest BCUT2D eigenvalue weighted by Crippen LogP contribution is 2.33. The minimum Gasteiger partial charge on any atom is -0.326 e. The van der Waals surface area contributed by atoms with Crippen molar-refractivity contribution >= 4 is 46.4 Å². The summed E-state index contributed by atoms with van der Waals surface area (Å²) in [5, 5.41) is 10.9. The fourth-order valence-corrected chi connectivity index (χ4v) is 4.25. The van der Waals surface area contributed by atoms with Crippen LogP contribution in [0, 0.1) is 6.92 Å². The van der Waals surface area contributed by atoms with E-state index in [2.05, 4.69) is 20.5 Å². The Hall–Kier alpha value is -3.59. The van der Waals surface area contributed by atoms with Crippen LogP contribution in [-0.2, 0) is 11.0 Å². The number of amides is 1. The highest BCUT2D eigenvalue weighted by Gasteiger charge is 2.32. The molecule has 5 nitrogen and oxygen atoms in total. The SMILES string of the molecule is Cc1ccc(NC(=O)CCSc2ccc3c(C=Cc4ccccn4)n[nH]c3c2)cc1C(F)(F)F. The molecule has 0 saturated heterocycles. The molecule has 2 aromatic carbocycles. The Kier molecular flexibility index (Phi) is 7.02. The third-order valence-corrected chi connectivity index (χ3v) is 6.08. The Morgan fingerprint density at radius 3 is 2.74 bits per heavy atom. The number of carbonyl (C=O) groups is 1. The summed E-state index contributed by atoms with van der Waals surface area (Å²) in [6.07, 6.45) is 1.22. The Labute approximate surface area is 198 Å². The van der Waals surface area contributed by atoms with Crippen LogP contribution in [0.4, 0.5) is 18.9 Å². The van der Waals surface area contributed by atoms with Crippen LogP contribution in [0.3, 0.4) is 0 Å². The lowest BCUT2D eigenvalue weighted by molar-refractivity contribution is -0.138. The van der Waals surface area contributed by atoms with Crippen LogP contribution >= 0.6 is 11.8 Å². The van der Waals surface area contributed by atoms with Gasteiger partial charge in [0.25, 0.3) is 0 Å². The van der Waals surface area contributed by atoms with Crippen LogP contribution in [-0.4, -0.2) is 26.8 Å². The second-order valence-electron chi connectivity index (χ2n) is 7.58. The summed E-state index contributed by atoms with van der Waals surface area (Å²) in [6, 6.07) is 15.3. The molecule has 2 heterocycles. The van der Waals surface area contributed by atoms with E-state index in [4.69, 9.17) is 0 Å². The molecule has 0 aliphatic carbocycles. The molecule has 4 aromatic rings. The minimum atomic E-state index is -4.46. The molecule has 2 N–H and O–H groups in total. The van der Waals surface area contributed by atoms with Crippen molar-refractivity contribution in [3.63, 3.8) is 0 Å². The Bertz CT molecular complexity index is 1330. The maximum Gasteiger partial charge on any atom is 0.416 e. The second kappa shape index (κ2) is 10.1. The summed E-state index contributed by atoms with van der Waals surface area (Å²) in [7, 11) is 0. The number of anilines is 1. The lowest BCUT2D eigenvalue weighted by Gasteiger charge is -2.12. The zero-order valence-corrected chi connectivity index (χ0v) is 19.0. The maximum atomic E-state index is 13.1. The normalized spacial score (nSPS) is 11.9. The van der Waals surface area contributed by atoms with Crippen molar-refractivity contribution in [1.29, 1.82) is 0 Å². The number of fused-ring (bicyclic) bond motifs is 1. The molecule has 0 spiro atoms. The van der Waals surface area contributed by atoms with Crippen LogP contribution < -0.4 is 5.32 Å². The van der Waals surface area contributed by atoms with E-state index in [1.54, 1.807) is 6.20 Å². The van der Waals surface area contributed by atoms with Crippen LogP contribution in [0.2, 0.25) is 0 Å². The summed E-state index contributed by atoms with van der Waals surface area (Å²) < 4.78 is 39.2. The number of thioether (sulfide) groups is 1. The van der Waals surface area contributed by atoms with Crippen molar-refractivity contribution in [2.45, 2.75) is 24.4 Å². The molecule has 0 aliphatic heterocycles. The molecule has 0 aliphatic rings. The van der Waals surface area contributed by atoms with Gasteiger partial charge in [0, 0.05) is 34.3 Å². The minimum absolute atomic E-state index is 0.116. The van der Waals surface area contributed by atoms with Crippen molar-refractivity contribution in [3.05, 3.63) is 83.3 Å². The number of benzene rings is 2. The number of hydrogen-bond donors (Lipinski definition) is 2. The van der Waals surface area contributed by atoms with Crippen molar-refractivity contribution in [2.75, 3.05) is 11.1 Å². The van der Waals surface area contributed by atoms with E-state index < -0.39 is 11.7 Å². The standard InChI is InChI=1S/C25H21F3N4OS/c1-16-5-6-18(14-21(16)25(26,27)28)30-24(33)11-13-34-19-8-9-20-22(31-32-23(20)15-19)10-7-17-4-2-3-12-29-17/h2-10,12,14-15H,11,13H2,1H3,(H,30,33)(H,31,32). The van der Waals surface area contributed by atoms with E-state index in [0.717, 1.165) is 33.3 Å². The van der Waals surface area contributed by atoms with E-state index in [1.807, 2.05) is 48.6 Å². The van der Waals surface area contributed by atoms with Crippen LogP contribution in [0.15, 0.2) is 65.7 Å². The van der Waals surface area contributed by atoms with Gasteiger partial charge in [0.1, 0.15) is 0 Å². The van der Waals surface area contributed by atoms with Crippen LogP contribution in [0.1, 0.15) is 28.9 Å². The fourth-order valence-electron chi connectivity index (χ4n) is 3.37. The number of halogens is 3. The summed E-state index contributed by atoms with van der Waals surface area (Å²) in [5.74, 6) is 0.143. The molecule has 1 amide bonds. The maximum absolute atomic E-state index is 13.1. The zero-order chi connectivity index (χ0) is 24.1. The van der Waals surface area contributed by atoms with Crippen LogP contribution in [0.5, 0.6) is 0 Å². The predicted molar refractivity (Wildman–Crippen MR) is 129 cm³/mol. The number of hydrogen-bond acceptors (Lipinski definition) is 4. The number of H-pyrrole nitrogens is 1. The Balaban J connectivity index is 1.33. The lowest BCUT2D eigenvalue weighted by Crippen LogP contribution is -2.14. The lowest BCUT2D eigenvalue weighted by atomic mass is 10.1. The fraction of sp³-hybridized carbons (Fsp3) is 0.160. The van der Waals surface area contributed by atoms with Gasteiger partial charge in [0.05, 0.1) is 22.5 Å². The Morgan fingerprint density at radius 2 is 1.97 bits per heavy atom. The molecular weight excluding hydrogens is 461 g/mol. The molecule has 2 aromatic heterocycles. The predicted octanol–water partition coefficient (Wildman–Crippen LogP) is 6.58. The van der Waals surface area contributed by atoms with E-state index in [1.165, 1.54) is 30.8 Å². The number of aromatic nitrogens is 3. The molecule has 4 rings (SSSR count). The van der Waals surface area contributed by atoms with E-state index in [0.29, 0.717) is 5.75 Å². The summed E-state index contributed by atoms with van der Waals surface area (Å²) in [4.78, 5) is 17.4. The monoisotopic (exact) mass is 482 g/mol. The highest BCUT2D eigenvalue weighted by molar-refractivity contribution is 7.99. The van der Waals surface area contributed by atoms with Crippen LogP contribution in [0.25, 0.3) is 23.1 Å². The number of alkyl halides is 3. The van der Waals surface area contributed by atoms with Crippen molar-refractivity contribution in [3.8, 4) is 0 Å². The average Bonchev–Trinajstić information content (AvgIpc) is 3.21. The topological polar surface area (TPSA) is 70.7 Å². The molecule has 0 bridgehead atoms. The first-order valence-electron chi connectivity index (χ1n) is 10.5. The third-order valence-electron chi connectivity index (χ3n) is 5.09. The van der Waals surface area contributed by atoms with E-state index in [9.17, 15) is 18.0 Å². The number of aromatic amines is 1. The molecule has 0 atom stereocenters. The average molecular weight is 483 g/mol. The highest BCUT2D eigenvalue weighted by atomic mass is 32.2. The van der Waals surface area contributed by atoms with Gasteiger partial charge in [0.15, 0.2) is 0 Å². The summed E-state index contributed by atoms with van der Waals surface area (Å²) >= 11 is 1.49. The van der Waals surface area contributed by atoms with Gasteiger partial charge in [-0.15, -0.1) is 11.8 Å². The van der Waals surface area contributed by atoms with Crippen molar-refractivity contribution in [1.82, 2.24) is 15.2 Å². The third kappa shape index (κ3) is 5.85. The largest absolute Gasteiger partial charge is 0.416 e. The first-order chi connectivity index (χ1) is 16.3. The molecule has 0 fully saturated rings. The second-order valence-corrected chi connectivity index (χ2v) is 8.75. The molecule has 9 heteroatoms. The molecule has 174 valence electrons. The van der Waals surface area contributed by atoms with Gasteiger partial charge in [0.2, 0.25) is 5.91 Å². The summed E-state index contributed by atoms with van der Waals surface area (Å²) in [5.41, 5.74) is 2.01. The molecule has 34 heavy (non-hydrogen) atoms. The van der Waals surface area contributed by atoms with Gasteiger partial charge in [-0.1, -0.05) is 12.1 Å². The Morgan fingerprint density at radius 1 is 1.12 bits per heavy atom. The number of nitrogens with one attached hydrogen (secondary N) is 2. The first kappa shape index (κ1) is 23.6. The number of rotatable bonds is 7. The number of carbonyl (C=O) groups excluding carboxylic acids is 1. The van der Waals surface area contributed by atoms with Gasteiger partial charge < -0.3 is 5.32 Å². The quantitative estimate of drug-likeness (QED) is 0.292. The van der Waals surface area contributed by atoms with Gasteiger partial charge >= 0.3 is 6.18 Å². The first-order valence-corrected chi connectivity index (χ1v) is 11.5. The van der Waals surface area contributed by atoms with Crippen molar-refractivity contribution in [2.24, 2.45) is 0 Å². The summed E-state index contributed by atoms with van der Waals surface area (Å²) in [6.45, 7) is 1.39. The van der Waals surface area contributed by atoms with E-state index in [-0.39, 0.29) is 23.6 Å². The molecule has 0 saturated carbocycles. The number of aryl methyl sites for hydroxylation is 1. The smallest absolute Gasteiger partial charge is 0.326 e. The zero-order valence-electron chi connectivity index (χ0n) is 18.2. The van der Waals surface area contributed by atoms with Crippen molar-refractivity contribution < 1.29 is 18.0 Å². The van der Waals surface area contributed by atoms with E-state index >= 15 is 0 Å². The number of nitrogens with zero attached hydrogens (tertiary/aromatic N) is 2. The van der Waals surface area contributed by atoms with Gasteiger partial charge in [-0.2, -0.15) is 18.3 Å². The molecular formula is C25H21F3N4OS.